The summed E-state index contributed by atoms with van der Waals surface area (Å²) in [5.74, 6) is 2.93. The number of nitrogens with zero attached hydrogens (tertiary/aromatic N) is 3. The van der Waals surface area contributed by atoms with Crippen molar-refractivity contribution in [2.24, 2.45) is 0 Å². The molecule has 1 atom stereocenters. The van der Waals surface area contributed by atoms with Gasteiger partial charge < -0.3 is 14.2 Å². The van der Waals surface area contributed by atoms with Gasteiger partial charge in [0.2, 0.25) is 0 Å². The molecule has 1 aliphatic rings. The minimum Gasteiger partial charge on any atom is -0.496 e. The van der Waals surface area contributed by atoms with Gasteiger partial charge in [0.25, 0.3) is 0 Å². The van der Waals surface area contributed by atoms with Crippen molar-refractivity contribution in [2.75, 3.05) is 34.4 Å². The SMILES string of the molecule is COc1cc(OC)c(CN2CCCC(c3nc(C)ncc3-c3ccc(F)cc3)C2)c(OC)c1. The van der Waals surface area contributed by atoms with Crippen LogP contribution in [0.4, 0.5) is 4.39 Å². The van der Waals surface area contributed by atoms with Gasteiger partial charge in [-0.2, -0.15) is 0 Å². The summed E-state index contributed by atoms with van der Waals surface area (Å²) in [6, 6.07) is 10.3. The third-order valence-corrected chi connectivity index (χ3v) is 6.18. The van der Waals surface area contributed by atoms with E-state index in [1.54, 1.807) is 33.5 Å². The van der Waals surface area contributed by atoms with E-state index in [2.05, 4.69) is 9.88 Å². The van der Waals surface area contributed by atoms with Crippen LogP contribution < -0.4 is 14.2 Å². The number of piperidine rings is 1. The molecule has 4 rings (SSSR count). The zero-order chi connectivity index (χ0) is 23.4. The van der Waals surface area contributed by atoms with E-state index in [0.29, 0.717) is 12.3 Å². The molecular weight excluding hydrogens is 421 g/mol. The molecule has 0 spiro atoms. The van der Waals surface area contributed by atoms with Gasteiger partial charge in [-0.25, -0.2) is 14.4 Å². The van der Waals surface area contributed by atoms with E-state index in [1.807, 2.05) is 25.3 Å². The van der Waals surface area contributed by atoms with Gasteiger partial charge in [-0.15, -0.1) is 0 Å². The molecule has 1 aliphatic heterocycles. The Labute approximate surface area is 194 Å². The minimum atomic E-state index is -0.250. The van der Waals surface area contributed by atoms with Crippen LogP contribution in [0.25, 0.3) is 11.1 Å². The van der Waals surface area contributed by atoms with Crippen molar-refractivity contribution in [3.63, 3.8) is 0 Å². The van der Waals surface area contributed by atoms with Gasteiger partial charge in [-0.05, 0) is 44.0 Å². The van der Waals surface area contributed by atoms with E-state index < -0.39 is 0 Å². The van der Waals surface area contributed by atoms with Crippen LogP contribution in [0.5, 0.6) is 17.2 Å². The van der Waals surface area contributed by atoms with Crippen molar-refractivity contribution in [3.05, 3.63) is 65.5 Å². The monoisotopic (exact) mass is 451 g/mol. The van der Waals surface area contributed by atoms with Crippen LogP contribution in [0.15, 0.2) is 42.6 Å². The molecule has 1 unspecified atom stereocenters. The summed E-state index contributed by atoms with van der Waals surface area (Å²) in [7, 11) is 4.95. The molecule has 33 heavy (non-hydrogen) atoms. The quantitative estimate of drug-likeness (QED) is 0.504. The molecule has 1 fully saturated rings. The summed E-state index contributed by atoms with van der Waals surface area (Å²) in [4.78, 5) is 11.7. The molecule has 1 aromatic heterocycles. The number of aryl methyl sites for hydroxylation is 1. The van der Waals surface area contributed by atoms with Crippen molar-refractivity contribution in [3.8, 4) is 28.4 Å². The molecule has 174 valence electrons. The van der Waals surface area contributed by atoms with Gasteiger partial charge >= 0.3 is 0 Å². The van der Waals surface area contributed by atoms with Crippen molar-refractivity contribution >= 4 is 0 Å². The van der Waals surface area contributed by atoms with E-state index in [4.69, 9.17) is 19.2 Å². The third kappa shape index (κ3) is 5.09. The Kier molecular flexibility index (Phi) is 7.08. The van der Waals surface area contributed by atoms with Crippen molar-refractivity contribution in [2.45, 2.75) is 32.2 Å². The molecule has 0 bridgehead atoms. The summed E-state index contributed by atoms with van der Waals surface area (Å²) in [6.45, 7) is 4.43. The lowest BCUT2D eigenvalue weighted by Crippen LogP contribution is -2.34. The molecule has 0 amide bonds. The van der Waals surface area contributed by atoms with Gasteiger partial charge in [0, 0.05) is 42.9 Å². The average Bonchev–Trinajstić information content (AvgIpc) is 2.84. The molecule has 0 radical (unpaired) electrons. The summed E-state index contributed by atoms with van der Waals surface area (Å²) < 4.78 is 30.2. The lowest BCUT2D eigenvalue weighted by molar-refractivity contribution is 0.194. The summed E-state index contributed by atoms with van der Waals surface area (Å²) in [5, 5.41) is 0. The first-order valence-corrected chi connectivity index (χ1v) is 11.1. The molecule has 7 heteroatoms. The van der Waals surface area contributed by atoms with Gasteiger partial charge in [0.15, 0.2) is 0 Å². The second-order valence-electron chi connectivity index (χ2n) is 8.31. The van der Waals surface area contributed by atoms with E-state index in [9.17, 15) is 4.39 Å². The zero-order valence-corrected chi connectivity index (χ0v) is 19.6. The van der Waals surface area contributed by atoms with Gasteiger partial charge in [-0.1, -0.05) is 12.1 Å². The number of halogens is 1. The maximum absolute atomic E-state index is 13.5. The fourth-order valence-corrected chi connectivity index (χ4v) is 4.53. The highest BCUT2D eigenvalue weighted by atomic mass is 19.1. The van der Waals surface area contributed by atoms with E-state index in [1.165, 1.54) is 12.1 Å². The molecule has 3 aromatic rings. The second-order valence-corrected chi connectivity index (χ2v) is 8.31. The second kappa shape index (κ2) is 10.2. The largest absolute Gasteiger partial charge is 0.496 e. The highest BCUT2D eigenvalue weighted by Gasteiger charge is 2.27. The van der Waals surface area contributed by atoms with Gasteiger partial charge in [-0.3, -0.25) is 4.90 Å². The molecule has 6 nitrogen and oxygen atoms in total. The average molecular weight is 452 g/mol. The van der Waals surface area contributed by atoms with Crippen LogP contribution in [0, 0.1) is 12.7 Å². The number of likely N-dealkylation sites (tertiary alicyclic amines) is 1. The Morgan fingerprint density at radius 2 is 1.73 bits per heavy atom. The van der Waals surface area contributed by atoms with Crippen LogP contribution in [-0.2, 0) is 6.54 Å². The van der Waals surface area contributed by atoms with E-state index in [0.717, 1.165) is 65.6 Å². The van der Waals surface area contributed by atoms with Crippen LogP contribution in [0.3, 0.4) is 0 Å². The Balaban J connectivity index is 1.62. The topological polar surface area (TPSA) is 56.7 Å². The van der Waals surface area contributed by atoms with Crippen LogP contribution >= 0.6 is 0 Å². The molecule has 1 saturated heterocycles. The summed E-state index contributed by atoms with van der Waals surface area (Å²) in [6.07, 6.45) is 3.95. The lowest BCUT2D eigenvalue weighted by Gasteiger charge is -2.34. The Morgan fingerprint density at radius 1 is 1.03 bits per heavy atom. The molecule has 0 aliphatic carbocycles. The van der Waals surface area contributed by atoms with Crippen LogP contribution in [0.1, 0.15) is 35.8 Å². The Hall–Kier alpha value is -3.19. The number of benzene rings is 2. The molecular formula is C26H30FN3O3. The maximum Gasteiger partial charge on any atom is 0.130 e. The first-order valence-electron chi connectivity index (χ1n) is 11.1. The standard InChI is InChI=1S/C26H30FN3O3/c1-17-28-14-22(18-7-9-20(27)10-8-18)26(29-17)19-6-5-11-30(15-19)16-23-24(32-3)12-21(31-2)13-25(23)33-4/h7-10,12-14,19H,5-6,11,15-16H2,1-4H3. The summed E-state index contributed by atoms with van der Waals surface area (Å²) >= 11 is 0. The molecule has 2 heterocycles. The Morgan fingerprint density at radius 3 is 2.36 bits per heavy atom. The zero-order valence-electron chi connectivity index (χ0n) is 19.6. The highest BCUT2D eigenvalue weighted by molar-refractivity contribution is 5.65. The third-order valence-electron chi connectivity index (χ3n) is 6.18. The maximum atomic E-state index is 13.5. The highest BCUT2D eigenvalue weighted by Crippen LogP contribution is 2.38. The molecule has 0 N–H and O–H groups in total. The van der Waals surface area contributed by atoms with Crippen LogP contribution in [-0.4, -0.2) is 49.3 Å². The number of hydrogen-bond donors (Lipinski definition) is 0. The van der Waals surface area contributed by atoms with Gasteiger partial charge in [0.1, 0.15) is 28.9 Å². The lowest BCUT2D eigenvalue weighted by atomic mass is 9.89. The summed E-state index contributed by atoms with van der Waals surface area (Å²) in [5.41, 5.74) is 3.92. The fourth-order valence-electron chi connectivity index (χ4n) is 4.53. The van der Waals surface area contributed by atoms with Crippen LogP contribution in [0.2, 0.25) is 0 Å². The number of ether oxygens (including phenoxy) is 3. The predicted octanol–water partition coefficient (Wildman–Crippen LogP) is 5.00. The molecule has 2 aromatic carbocycles. The van der Waals surface area contributed by atoms with E-state index in [-0.39, 0.29) is 11.7 Å². The van der Waals surface area contributed by atoms with Gasteiger partial charge in [0.05, 0.1) is 32.6 Å². The van der Waals surface area contributed by atoms with Crippen molar-refractivity contribution in [1.82, 2.24) is 14.9 Å². The predicted molar refractivity (Wildman–Crippen MR) is 126 cm³/mol. The van der Waals surface area contributed by atoms with Crippen molar-refractivity contribution < 1.29 is 18.6 Å². The fraction of sp³-hybridized carbons (Fsp3) is 0.385. The normalized spacial score (nSPS) is 16.5. The Bertz CT molecular complexity index is 1080. The van der Waals surface area contributed by atoms with Crippen molar-refractivity contribution in [1.29, 1.82) is 0 Å². The first-order chi connectivity index (χ1) is 16.0. The number of hydrogen-bond acceptors (Lipinski definition) is 6. The molecule has 0 saturated carbocycles. The minimum absolute atomic E-state index is 0.246. The number of methoxy groups -OCH3 is 3. The van der Waals surface area contributed by atoms with E-state index >= 15 is 0 Å². The smallest absolute Gasteiger partial charge is 0.130 e. The first kappa shape index (κ1) is 23.0. The number of aromatic nitrogens is 2. The number of rotatable bonds is 7.